The Hall–Kier alpha value is -0.770. The summed E-state index contributed by atoms with van der Waals surface area (Å²) in [5.74, 6) is 0. The monoisotopic (exact) mass is 105 g/mol. The van der Waals surface area contributed by atoms with Gasteiger partial charge in [0.25, 0.3) is 0 Å². The smallest absolute Gasteiger partial charge is 0.429 e. The van der Waals surface area contributed by atoms with Gasteiger partial charge in [0.1, 0.15) is 6.61 Å². The zero-order valence-corrected chi connectivity index (χ0v) is 3.59. The number of aliphatic hydroxyl groups is 1. The molecule has 0 aromatic carbocycles. The third-order valence-electron chi connectivity index (χ3n) is 0.311. The third kappa shape index (κ3) is 5.23. The fraction of sp³-hybridized carbons (Fsp3) is 0.667. The van der Waals surface area contributed by atoms with Crippen LogP contribution in [-0.4, -0.2) is 24.5 Å². The summed E-state index contributed by atoms with van der Waals surface area (Å²) < 4.78 is 3.75. The van der Waals surface area contributed by atoms with Crippen LogP contribution in [0.15, 0.2) is 0 Å². The van der Waals surface area contributed by atoms with Crippen LogP contribution in [0.3, 0.4) is 0 Å². The first-order valence-corrected chi connectivity index (χ1v) is 1.72. The van der Waals surface area contributed by atoms with Gasteiger partial charge in [-0.05, 0) is 0 Å². The predicted octanol–water partition coefficient (Wildman–Crippen LogP) is -0.454. The lowest BCUT2D eigenvalue weighted by atomic mass is 10.8. The Morgan fingerprint density at radius 2 is 2.29 bits per heavy atom. The molecule has 0 aliphatic heterocycles. The highest BCUT2D eigenvalue weighted by Gasteiger charge is 1.94. The van der Waals surface area contributed by atoms with Crippen molar-refractivity contribution in [1.29, 1.82) is 0 Å². The van der Waals surface area contributed by atoms with Crippen molar-refractivity contribution in [2.45, 2.75) is 0 Å². The fourth-order valence-corrected chi connectivity index (χ4v) is 0.129. The molecule has 4 nitrogen and oxygen atoms in total. The lowest BCUT2D eigenvalue weighted by molar-refractivity contribution is 0.0538. The maximum absolute atomic E-state index is 9.31. The minimum atomic E-state index is -1.60. The normalized spacial score (nSPS) is 8.14. The quantitative estimate of drug-likeness (QED) is 0.483. The molecule has 0 aromatic heterocycles. The minimum absolute atomic E-state index is 0.206. The zero-order chi connectivity index (χ0) is 5.70. The number of hydrogen-bond acceptors (Lipinski definition) is 3. The van der Waals surface area contributed by atoms with Crippen LogP contribution in [-0.2, 0) is 9.84 Å². The largest absolute Gasteiger partial charge is 0.550 e. The van der Waals surface area contributed by atoms with Crippen LogP contribution in [0.4, 0.5) is 4.79 Å². The topological polar surface area (TPSA) is 66.4 Å². The molecule has 0 amide bonds. The van der Waals surface area contributed by atoms with Gasteiger partial charge in [0, 0.05) is 0 Å². The molecule has 0 spiro atoms. The Labute approximate surface area is 40.3 Å². The summed E-state index contributed by atoms with van der Waals surface area (Å²) in [5.41, 5.74) is 0. The van der Waals surface area contributed by atoms with E-state index >= 15 is 0 Å². The maximum Gasteiger partial charge on any atom is 0.550 e. The summed E-state index contributed by atoms with van der Waals surface area (Å²) >= 11 is 0. The van der Waals surface area contributed by atoms with Crippen molar-refractivity contribution >= 4 is 6.16 Å². The lowest BCUT2D eigenvalue weighted by Gasteiger charge is -1.89. The Kier molecular flexibility index (Phi) is 3.04. The van der Waals surface area contributed by atoms with E-state index in [9.17, 15) is 9.90 Å². The molecule has 0 rings (SSSR count). The number of carbonyl (C=O) groups is 1. The van der Waals surface area contributed by atoms with Gasteiger partial charge in [0.2, 0.25) is 0 Å². The summed E-state index contributed by atoms with van der Waals surface area (Å²) in [4.78, 5) is 9.31. The summed E-state index contributed by atoms with van der Waals surface area (Å²) in [6, 6.07) is 0. The van der Waals surface area contributed by atoms with Gasteiger partial charge in [0.05, 0.1) is 6.61 Å². The van der Waals surface area contributed by atoms with Crippen LogP contribution in [0, 0.1) is 0 Å². The van der Waals surface area contributed by atoms with E-state index in [4.69, 9.17) is 5.11 Å². The van der Waals surface area contributed by atoms with E-state index in [2.05, 4.69) is 4.74 Å². The van der Waals surface area contributed by atoms with Crippen molar-refractivity contribution in [3.05, 3.63) is 0 Å². The fourth-order valence-electron chi connectivity index (χ4n) is 0.129. The molecule has 0 heterocycles. The third-order valence-corrected chi connectivity index (χ3v) is 0.311. The molecule has 0 saturated carbocycles. The zero-order valence-electron chi connectivity index (χ0n) is 3.59. The van der Waals surface area contributed by atoms with Gasteiger partial charge >= 0.3 is 6.16 Å². The van der Waals surface area contributed by atoms with E-state index in [-0.39, 0.29) is 13.2 Å². The number of aliphatic hydroxyl groups excluding tert-OH is 1. The van der Waals surface area contributed by atoms with Crippen LogP contribution < -0.4 is 0 Å². The second kappa shape index (κ2) is 3.42. The van der Waals surface area contributed by atoms with Crippen LogP contribution in [0.5, 0.6) is 0 Å². The lowest BCUT2D eigenvalue weighted by Crippen LogP contribution is -2.02. The standard InChI is InChI=1S/C3H5O4/c4-1-2-7-3(5)6/h4H,1-2H2. The van der Waals surface area contributed by atoms with Crippen molar-refractivity contribution in [2.75, 3.05) is 13.2 Å². The molecule has 1 radical (unpaired) electrons. The van der Waals surface area contributed by atoms with Gasteiger partial charge in [-0.3, -0.25) is 0 Å². The Balaban J connectivity index is 2.82. The highest BCUT2D eigenvalue weighted by molar-refractivity contribution is 5.56. The molecular weight excluding hydrogens is 100 g/mol. The SMILES string of the molecule is [O]C(=O)OCCO. The van der Waals surface area contributed by atoms with E-state index < -0.39 is 6.16 Å². The summed E-state index contributed by atoms with van der Waals surface area (Å²) in [6.07, 6.45) is -1.60. The highest BCUT2D eigenvalue weighted by atomic mass is 16.7. The summed E-state index contributed by atoms with van der Waals surface area (Å²) in [6.45, 7) is -0.504. The molecule has 0 bridgehead atoms. The van der Waals surface area contributed by atoms with E-state index in [1.54, 1.807) is 0 Å². The van der Waals surface area contributed by atoms with Gasteiger partial charge in [-0.2, -0.15) is 9.90 Å². The number of carbonyl (C=O) groups excluding carboxylic acids is 1. The van der Waals surface area contributed by atoms with Crippen LogP contribution in [0.25, 0.3) is 0 Å². The molecule has 7 heavy (non-hydrogen) atoms. The van der Waals surface area contributed by atoms with Crippen molar-refractivity contribution in [3.63, 3.8) is 0 Å². The molecule has 0 aliphatic rings. The predicted molar refractivity (Wildman–Crippen MR) is 19.1 cm³/mol. The first-order chi connectivity index (χ1) is 3.27. The number of ether oxygens (including phenoxy) is 1. The average molecular weight is 105 g/mol. The van der Waals surface area contributed by atoms with Crippen LogP contribution in [0.1, 0.15) is 0 Å². The molecular formula is C3H5O4. The Morgan fingerprint density at radius 3 is 2.43 bits per heavy atom. The van der Waals surface area contributed by atoms with Crippen molar-refractivity contribution < 1.29 is 19.7 Å². The molecule has 4 heteroatoms. The average Bonchev–Trinajstić information content (AvgIpc) is 1.61. The molecule has 0 saturated heterocycles. The Morgan fingerprint density at radius 1 is 1.71 bits per heavy atom. The maximum atomic E-state index is 9.31. The second-order valence-electron chi connectivity index (χ2n) is 0.822. The molecule has 0 atom stereocenters. The van der Waals surface area contributed by atoms with E-state index in [1.807, 2.05) is 0 Å². The minimum Gasteiger partial charge on any atom is -0.429 e. The molecule has 0 aliphatic carbocycles. The van der Waals surface area contributed by atoms with Crippen molar-refractivity contribution in [2.24, 2.45) is 0 Å². The van der Waals surface area contributed by atoms with E-state index in [1.165, 1.54) is 0 Å². The van der Waals surface area contributed by atoms with Crippen LogP contribution in [0.2, 0.25) is 0 Å². The van der Waals surface area contributed by atoms with Gasteiger partial charge in [0.15, 0.2) is 0 Å². The molecule has 0 fully saturated rings. The highest BCUT2D eigenvalue weighted by Crippen LogP contribution is 1.72. The van der Waals surface area contributed by atoms with Gasteiger partial charge in [-0.25, -0.2) is 0 Å². The molecule has 0 aromatic rings. The van der Waals surface area contributed by atoms with Crippen LogP contribution >= 0.6 is 0 Å². The molecule has 1 N–H and O–H groups in total. The van der Waals surface area contributed by atoms with Gasteiger partial charge < -0.3 is 9.84 Å². The first kappa shape index (κ1) is 6.23. The van der Waals surface area contributed by atoms with Crippen molar-refractivity contribution in [3.8, 4) is 0 Å². The van der Waals surface area contributed by atoms with Gasteiger partial charge in [-0.15, -0.1) is 0 Å². The number of rotatable bonds is 2. The van der Waals surface area contributed by atoms with Gasteiger partial charge in [-0.1, -0.05) is 0 Å². The first-order valence-electron chi connectivity index (χ1n) is 1.72. The second-order valence-corrected chi connectivity index (χ2v) is 0.822. The van der Waals surface area contributed by atoms with Crippen molar-refractivity contribution in [1.82, 2.24) is 0 Å². The van der Waals surface area contributed by atoms with E-state index in [0.29, 0.717) is 0 Å². The summed E-state index contributed by atoms with van der Waals surface area (Å²) in [7, 11) is 0. The molecule has 41 valence electrons. The Bertz CT molecular complexity index is 60.0. The summed E-state index contributed by atoms with van der Waals surface area (Å²) in [5, 5.41) is 17.2. The van der Waals surface area contributed by atoms with E-state index in [0.717, 1.165) is 0 Å². The number of hydrogen-bond donors (Lipinski definition) is 1. The molecule has 0 unspecified atom stereocenters.